The molecule has 88 valence electrons. The second-order valence-corrected chi connectivity index (χ2v) is 5.32. The summed E-state index contributed by atoms with van der Waals surface area (Å²) in [6.45, 7) is 6.08. The van der Waals surface area contributed by atoms with E-state index in [2.05, 4.69) is 38.1 Å². The van der Waals surface area contributed by atoms with Crippen LogP contribution in [0, 0.1) is 11.3 Å². The van der Waals surface area contributed by atoms with Crippen molar-refractivity contribution in [2.45, 2.75) is 26.4 Å². The maximum Gasteiger partial charge on any atom is 0.0713 e. The highest BCUT2D eigenvalue weighted by atomic mass is 16.5. The van der Waals surface area contributed by atoms with Crippen LogP contribution in [0.2, 0.25) is 0 Å². The molecule has 0 radical (unpaired) electrons. The third kappa shape index (κ3) is 1.87. The SMILES string of the molecule is COCc1cccc([C@H]2[C@H](CN)C2(C)C)c1. The van der Waals surface area contributed by atoms with Gasteiger partial charge in [0.1, 0.15) is 0 Å². The Balaban J connectivity index is 2.19. The van der Waals surface area contributed by atoms with Gasteiger partial charge in [-0.25, -0.2) is 0 Å². The Bertz CT molecular complexity index is 373. The molecule has 0 unspecified atom stereocenters. The Morgan fingerprint density at radius 1 is 1.38 bits per heavy atom. The molecule has 0 heterocycles. The molecule has 2 rings (SSSR count). The summed E-state index contributed by atoms with van der Waals surface area (Å²) in [4.78, 5) is 0. The molecule has 1 aliphatic rings. The first kappa shape index (κ1) is 11.6. The molecule has 1 saturated carbocycles. The van der Waals surface area contributed by atoms with Crippen LogP contribution < -0.4 is 5.73 Å². The maximum absolute atomic E-state index is 5.81. The molecule has 2 nitrogen and oxygen atoms in total. The van der Waals surface area contributed by atoms with E-state index < -0.39 is 0 Å². The van der Waals surface area contributed by atoms with Gasteiger partial charge in [0, 0.05) is 7.11 Å². The quantitative estimate of drug-likeness (QED) is 0.844. The van der Waals surface area contributed by atoms with Crippen molar-refractivity contribution in [1.29, 1.82) is 0 Å². The van der Waals surface area contributed by atoms with Crippen molar-refractivity contribution in [3.63, 3.8) is 0 Å². The van der Waals surface area contributed by atoms with Gasteiger partial charge in [-0.2, -0.15) is 0 Å². The van der Waals surface area contributed by atoms with Crippen molar-refractivity contribution in [2.75, 3.05) is 13.7 Å². The molecule has 2 atom stereocenters. The Hall–Kier alpha value is -0.860. The molecule has 1 aromatic carbocycles. The van der Waals surface area contributed by atoms with Crippen LogP contribution in [0.15, 0.2) is 24.3 Å². The lowest BCUT2D eigenvalue weighted by atomic mass is 10.0. The van der Waals surface area contributed by atoms with E-state index in [0.29, 0.717) is 23.9 Å². The fourth-order valence-corrected chi connectivity index (χ4v) is 2.89. The molecule has 2 N–H and O–H groups in total. The van der Waals surface area contributed by atoms with Crippen LogP contribution in [0.5, 0.6) is 0 Å². The predicted molar refractivity (Wildman–Crippen MR) is 66.2 cm³/mol. The highest BCUT2D eigenvalue weighted by Crippen LogP contribution is 2.63. The summed E-state index contributed by atoms with van der Waals surface area (Å²) < 4.78 is 5.16. The van der Waals surface area contributed by atoms with Gasteiger partial charge in [0.2, 0.25) is 0 Å². The number of benzene rings is 1. The average molecular weight is 219 g/mol. The lowest BCUT2D eigenvalue weighted by Crippen LogP contribution is -2.05. The third-order valence-electron chi connectivity index (χ3n) is 3.93. The van der Waals surface area contributed by atoms with Crippen LogP contribution in [-0.2, 0) is 11.3 Å². The van der Waals surface area contributed by atoms with Crippen molar-refractivity contribution in [3.05, 3.63) is 35.4 Å². The van der Waals surface area contributed by atoms with Crippen LogP contribution in [0.3, 0.4) is 0 Å². The molecule has 0 aromatic heterocycles. The van der Waals surface area contributed by atoms with Crippen molar-refractivity contribution in [1.82, 2.24) is 0 Å². The predicted octanol–water partition coefficient (Wildman–Crippen LogP) is 2.53. The first-order valence-corrected chi connectivity index (χ1v) is 5.89. The molecule has 0 aliphatic heterocycles. The van der Waals surface area contributed by atoms with Gasteiger partial charge < -0.3 is 10.5 Å². The third-order valence-corrected chi connectivity index (χ3v) is 3.93. The van der Waals surface area contributed by atoms with Crippen LogP contribution in [0.25, 0.3) is 0 Å². The zero-order valence-electron chi connectivity index (χ0n) is 10.4. The van der Waals surface area contributed by atoms with E-state index in [-0.39, 0.29) is 0 Å². The number of hydrogen-bond acceptors (Lipinski definition) is 2. The molecule has 1 aliphatic carbocycles. The van der Waals surface area contributed by atoms with Crippen LogP contribution in [0.4, 0.5) is 0 Å². The fraction of sp³-hybridized carbons (Fsp3) is 0.571. The molecule has 1 fully saturated rings. The summed E-state index contributed by atoms with van der Waals surface area (Å²) in [6, 6.07) is 8.69. The number of ether oxygens (including phenoxy) is 1. The maximum atomic E-state index is 5.81. The minimum atomic E-state index is 0.362. The van der Waals surface area contributed by atoms with Crippen molar-refractivity contribution in [2.24, 2.45) is 17.1 Å². The van der Waals surface area contributed by atoms with E-state index >= 15 is 0 Å². The second-order valence-electron chi connectivity index (χ2n) is 5.32. The van der Waals surface area contributed by atoms with Crippen LogP contribution in [0.1, 0.15) is 30.9 Å². The average Bonchev–Trinajstić information content (AvgIpc) is 2.81. The van der Waals surface area contributed by atoms with Crippen molar-refractivity contribution in [3.8, 4) is 0 Å². The van der Waals surface area contributed by atoms with Gasteiger partial charge in [0.15, 0.2) is 0 Å². The van der Waals surface area contributed by atoms with Gasteiger partial charge in [-0.15, -0.1) is 0 Å². The molecular weight excluding hydrogens is 198 g/mol. The molecular formula is C14H21NO. The van der Waals surface area contributed by atoms with Crippen LogP contribution >= 0.6 is 0 Å². The van der Waals surface area contributed by atoms with Gasteiger partial charge in [0.05, 0.1) is 6.61 Å². The zero-order chi connectivity index (χ0) is 11.8. The van der Waals surface area contributed by atoms with E-state index in [4.69, 9.17) is 10.5 Å². The van der Waals surface area contributed by atoms with E-state index in [1.807, 2.05) is 0 Å². The normalized spacial score (nSPS) is 26.8. The highest BCUT2D eigenvalue weighted by Gasteiger charge is 2.57. The summed E-state index contributed by atoms with van der Waals surface area (Å²) >= 11 is 0. The van der Waals surface area contributed by atoms with Gasteiger partial charge in [0.25, 0.3) is 0 Å². The zero-order valence-corrected chi connectivity index (χ0v) is 10.4. The molecule has 0 amide bonds. The lowest BCUT2D eigenvalue weighted by molar-refractivity contribution is 0.185. The Morgan fingerprint density at radius 3 is 2.69 bits per heavy atom. The van der Waals surface area contributed by atoms with E-state index in [1.165, 1.54) is 11.1 Å². The Morgan fingerprint density at radius 2 is 2.12 bits per heavy atom. The number of methoxy groups -OCH3 is 1. The van der Waals surface area contributed by atoms with E-state index in [0.717, 1.165) is 6.54 Å². The standard InChI is InChI=1S/C14H21NO/c1-14(2)12(8-15)13(14)11-6-4-5-10(7-11)9-16-3/h4-7,12-13H,8-9,15H2,1-3H3/t12-,13-/m0/s1. The minimum Gasteiger partial charge on any atom is -0.380 e. The summed E-state index contributed by atoms with van der Waals surface area (Å²) in [5, 5.41) is 0. The largest absolute Gasteiger partial charge is 0.380 e. The summed E-state index contributed by atoms with van der Waals surface area (Å²) in [5.74, 6) is 1.25. The molecule has 0 spiro atoms. The summed E-state index contributed by atoms with van der Waals surface area (Å²) in [7, 11) is 1.73. The lowest BCUT2D eigenvalue weighted by Gasteiger charge is -2.06. The first-order valence-electron chi connectivity index (χ1n) is 5.89. The first-order chi connectivity index (χ1) is 7.61. The van der Waals surface area contributed by atoms with Gasteiger partial charge in [-0.1, -0.05) is 38.1 Å². The molecule has 16 heavy (non-hydrogen) atoms. The highest BCUT2D eigenvalue weighted by molar-refractivity contribution is 5.34. The number of nitrogens with two attached hydrogens (primary N) is 1. The van der Waals surface area contributed by atoms with Gasteiger partial charge >= 0.3 is 0 Å². The minimum absolute atomic E-state index is 0.362. The molecule has 0 bridgehead atoms. The molecule has 1 aromatic rings. The monoisotopic (exact) mass is 219 g/mol. The fourth-order valence-electron chi connectivity index (χ4n) is 2.89. The van der Waals surface area contributed by atoms with E-state index in [9.17, 15) is 0 Å². The summed E-state index contributed by atoms with van der Waals surface area (Å²) in [5.41, 5.74) is 8.83. The van der Waals surface area contributed by atoms with E-state index in [1.54, 1.807) is 7.11 Å². The summed E-state index contributed by atoms with van der Waals surface area (Å²) in [6.07, 6.45) is 0. The molecule has 0 saturated heterocycles. The van der Waals surface area contributed by atoms with Gasteiger partial charge in [-0.05, 0) is 34.9 Å². The second kappa shape index (κ2) is 4.19. The molecule has 2 heteroatoms. The Labute approximate surface area is 97.8 Å². The Kier molecular flexibility index (Phi) is 3.04. The smallest absolute Gasteiger partial charge is 0.0713 e. The number of rotatable bonds is 4. The number of hydrogen-bond donors (Lipinski definition) is 1. The van der Waals surface area contributed by atoms with Crippen molar-refractivity contribution >= 4 is 0 Å². The van der Waals surface area contributed by atoms with Crippen molar-refractivity contribution < 1.29 is 4.74 Å². The topological polar surface area (TPSA) is 35.2 Å². The van der Waals surface area contributed by atoms with Crippen LogP contribution in [-0.4, -0.2) is 13.7 Å². The van der Waals surface area contributed by atoms with Gasteiger partial charge in [-0.3, -0.25) is 0 Å².